The molecule has 0 aromatic rings. The Morgan fingerprint density at radius 2 is 1.61 bits per heavy atom. The summed E-state index contributed by atoms with van der Waals surface area (Å²) >= 11 is 0. The van der Waals surface area contributed by atoms with Gasteiger partial charge in [0.1, 0.15) is 0 Å². The fraction of sp³-hybridized carbons (Fsp3) is 1.00. The summed E-state index contributed by atoms with van der Waals surface area (Å²) in [6, 6.07) is 0.800. The first-order valence-electron chi connectivity index (χ1n) is 8.17. The third kappa shape index (κ3) is 3.29. The van der Waals surface area contributed by atoms with E-state index in [4.69, 9.17) is 0 Å². The van der Waals surface area contributed by atoms with Crippen molar-refractivity contribution in [1.29, 1.82) is 0 Å². The van der Waals surface area contributed by atoms with Crippen LogP contribution >= 0.6 is 0 Å². The summed E-state index contributed by atoms with van der Waals surface area (Å²) in [6.07, 6.45) is 11.9. The first kappa shape index (κ1) is 14.4. The Bertz CT molecular complexity index is 251. The molecular weight excluding hydrogens is 218 g/mol. The van der Waals surface area contributed by atoms with Crippen LogP contribution in [0.5, 0.6) is 0 Å². The van der Waals surface area contributed by atoms with Gasteiger partial charge < -0.3 is 5.32 Å². The third-order valence-electron chi connectivity index (χ3n) is 6.12. The van der Waals surface area contributed by atoms with Crippen molar-refractivity contribution in [3.8, 4) is 0 Å². The van der Waals surface area contributed by atoms with Crippen molar-refractivity contribution in [3.05, 3.63) is 0 Å². The first-order valence-corrected chi connectivity index (χ1v) is 8.17. The van der Waals surface area contributed by atoms with Crippen molar-refractivity contribution in [2.24, 2.45) is 16.7 Å². The highest BCUT2D eigenvalue weighted by Gasteiger charge is 2.37. The average molecular weight is 251 g/mol. The van der Waals surface area contributed by atoms with Crippen LogP contribution in [0, 0.1) is 16.7 Å². The molecule has 2 aliphatic carbocycles. The standard InChI is InChI=1S/C17H33N/c1-14(2)16(3,4)13-18-15-7-11-17(12-8-15)9-5-6-10-17/h14-15,18H,5-13H2,1-4H3. The average Bonchev–Trinajstić information content (AvgIpc) is 2.77. The highest BCUT2D eigenvalue weighted by Crippen LogP contribution is 2.48. The molecule has 0 bridgehead atoms. The first-order chi connectivity index (χ1) is 8.44. The van der Waals surface area contributed by atoms with Crippen LogP contribution in [-0.2, 0) is 0 Å². The van der Waals surface area contributed by atoms with Gasteiger partial charge in [-0.3, -0.25) is 0 Å². The molecule has 0 unspecified atom stereocenters. The second kappa shape index (κ2) is 5.53. The summed E-state index contributed by atoms with van der Waals surface area (Å²) in [5.74, 6) is 0.759. The molecule has 0 saturated heterocycles. The Morgan fingerprint density at radius 3 is 2.11 bits per heavy atom. The molecule has 1 heteroatoms. The molecule has 0 radical (unpaired) electrons. The van der Waals surface area contributed by atoms with Gasteiger partial charge in [-0.1, -0.05) is 40.5 Å². The third-order valence-corrected chi connectivity index (χ3v) is 6.12. The number of hydrogen-bond acceptors (Lipinski definition) is 1. The SMILES string of the molecule is CC(C)C(C)(C)CNC1CCC2(CCCC2)CC1. The Balaban J connectivity index is 1.74. The maximum absolute atomic E-state index is 3.85. The predicted molar refractivity (Wildman–Crippen MR) is 79.8 cm³/mol. The van der Waals surface area contributed by atoms with Crippen molar-refractivity contribution in [3.63, 3.8) is 0 Å². The summed E-state index contributed by atoms with van der Waals surface area (Å²) in [4.78, 5) is 0. The fourth-order valence-corrected chi connectivity index (χ4v) is 3.67. The Morgan fingerprint density at radius 1 is 1.06 bits per heavy atom. The van der Waals surface area contributed by atoms with Gasteiger partial charge in [0.05, 0.1) is 0 Å². The zero-order valence-corrected chi connectivity index (χ0v) is 13.0. The minimum atomic E-state index is 0.433. The zero-order chi connectivity index (χ0) is 13.2. The molecule has 2 fully saturated rings. The van der Waals surface area contributed by atoms with E-state index in [-0.39, 0.29) is 0 Å². The van der Waals surface area contributed by atoms with Crippen LogP contribution in [0.3, 0.4) is 0 Å². The molecular formula is C17H33N. The molecule has 0 aromatic heterocycles. The van der Waals surface area contributed by atoms with Crippen LogP contribution in [0.1, 0.15) is 79.1 Å². The molecule has 1 N–H and O–H groups in total. The molecule has 18 heavy (non-hydrogen) atoms. The number of rotatable bonds is 4. The highest BCUT2D eigenvalue weighted by atomic mass is 14.9. The van der Waals surface area contributed by atoms with E-state index < -0.39 is 0 Å². The van der Waals surface area contributed by atoms with Crippen molar-refractivity contribution in [2.75, 3.05) is 6.54 Å². The van der Waals surface area contributed by atoms with Crippen LogP contribution < -0.4 is 5.32 Å². The molecule has 1 nitrogen and oxygen atoms in total. The van der Waals surface area contributed by atoms with Gasteiger partial charge in [0.15, 0.2) is 0 Å². The maximum atomic E-state index is 3.85. The molecule has 0 aromatic carbocycles. The van der Waals surface area contributed by atoms with Crippen molar-refractivity contribution in [1.82, 2.24) is 5.32 Å². The minimum Gasteiger partial charge on any atom is -0.313 e. The molecule has 2 saturated carbocycles. The Kier molecular flexibility index (Phi) is 4.41. The summed E-state index contributed by atoms with van der Waals surface area (Å²) < 4.78 is 0. The minimum absolute atomic E-state index is 0.433. The van der Waals surface area contributed by atoms with E-state index in [0.29, 0.717) is 5.41 Å². The van der Waals surface area contributed by atoms with Gasteiger partial charge >= 0.3 is 0 Å². The quantitative estimate of drug-likeness (QED) is 0.759. The van der Waals surface area contributed by atoms with Crippen LogP contribution in [0.2, 0.25) is 0 Å². The van der Waals surface area contributed by atoms with Gasteiger partial charge in [0.2, 0.25) is 0 Å². The molecule has 0 heterocycles. The van der Waals surface area contributed by atoms with Crippen molar-refractivity contribution < 1.29 is 0 Å². The number of nitrogens with one attached hydrogen (secondary N) is 1. The molecule has 2 rings (SSSR count). The van der Waals surface area contributed by atoms with E-state index in [1.807, 2.05) is 0 Å². The van der Waals surface area contributed by atoms with Crippen LogP contribution in [-0.4, -0.2) is 12.6 Å². The molecule has 2 aliphatic rings. The molecule has 0 atom stereocenters. The monoisotopic (exact) mass is 251 g/mol. The highest BCUT2D eigenvalue weighted by molar-refractivity contribution is 4.91. The van der Waals surface area contributed by atoms with Crippen molar-refractivity contribution >= 4 is 0 Å². The second-order valence-corrected chi connectivity index (χ2v) is 8.01. The van der Waals surface area contributed by atoms with E-state index in [9.17, 15) is 0 Å². The Labute approximate surface area is 114 Å². The lowest BCUT2D eigenvalue weighted by atomic mass is 9.71. The number of hydrogen-bond donors (Lipinski definition) is 1. The van der Waals surface area contributed by atoms with Gasteiger partial charge in [-0.15, -0.1) is 0 Å². The zero-order valence-electron chi connectivity index (χ0n) is 13.0. The fourth-order valence-electron chi connectivity index (χ4n) is 3.67. The predicted octanol–water partition coefficient (Wildman–Crippen LogP) is 4.76. The van der Waals surface area contributed by atoms with Gasteiger partial charge in [0, 0.05) is 12.6 Å². The lowest BCUT2D eigenvalue weighted by Crippen LogP contribution is -2.42. The van der Waals surface area contributed by atoms with E-state index in [1.165, 1.54) is 57.9 Å². The van der Waals surface area contributed by atoms with Gasteiger partial charge in [-0.05, 0) is 55.3 Å². The lowest BCUT2D eigenvalue weighted by Gasteiger charge is -2.39. The smallest absolute Gasteiger partial charge is 0.00677 e. The molecule has 1 spiro atoms. The summed E-state index contributed by atoms with van der Waals surface area (Å²) in [6.45, 7) is 10.7. The summed E-state index contributed by atoms with van der Waals surface area (Å²) in [5.41, 5.74) is 1.22. The van der Waals surface area contributed by atoms with Gasteiger partial charge in [-0.2, -0.15) is 0 Å². The topological polar surface area (TPSA) is 12.0 Å². The van der Waals surface area contributed by atoms with E-state index in [1.54, 1.807) is 0 Å². The molecule has 106 valence electrons. The Hall–Kier alpha value is -0.0400. The van der Waals surface area contributed by atoms with Crippen molar-refractivity contribution in [2.45, 2.75) is 85.1 Å². The van der Waals surface area contributed by atoms with Gasteiger partial charge in [-0.25, -0.2) is 0 Å². The van der Waals surface area contributed by atoms with E-state index in [0.717, 1.165) is 17.4 Å². The lowest BCUT2D eigenvalue weighted by molar-refractivity contribution is 0.152. The second-order valence-electron chi connectivity index (χ2n) is 8.01. The van der Waals surface area contributed by atoms with E-state index in [2.05, 4.69) is 33.0 Å². The summed E-state index contributed by atoms with van der Waals surface area (Å²) in [7, 11) is 0. The molecule has 0 aliphatic heterocycles. The van der Waals surface area contributed by atoms with Crippen LogP contribution in [0.25, 0.3) is 0 Å². The van der Waals surface area contributed by atoms with Crippen LogP contribution in [0.15, 0.2) is 0 Å². The molecule has 0 amide bonds. The van der Waals surface area contributed by atoms with Gasteiger partial charge in [0.25, 0.3) is 0 Å². The summed E-state index contributed by atoms with van der Waals surface area (Å²) in [5, 5.41) is 3.85. The maximum Gasteiger partial charge on any atom is 0.00677 e. The largest absolute Gasteiger partial charge is 0.313 e. The van der Waals surface area contributed by atoms with Crippen LogP contribution in [0.4, 0.5) is 0 Å². The normalized spacial score (nSPS) is 25.2. The van der Waals surface area contributed by atoms with E-state index >= 15 is 0 Å².